The molecule has 1 heterocycles. The number of para-hydroxylation sites is 2. The maximum atomic E-state index is 11.8. The summed E-state index contributed by atoms with van der Waals surface area (Å²) >= 11 is 0. The molecular formula is C12H14N2O3. The number of amides is 2. The van der Waals surface area contributed by atoms with Gasteiger partial charge in [0.15, 0.2) is 0 Å². The lowest BCUT2D eigenvalue weighted by molar-refractivity contribution is -0.122. The van der Waals surface area contributed by atoms with Gasteiger partial charge < -0.3 is 15.4 Å². The molecule has 90 valence electrons. The highest BCUT2D eigenvalue weighted by Gasteiger charge is 2.27. The highest BCUT2D eigenvalue weighted by Crippen LogP contribution is 2.23. The molecule has 5 nitrogen and oxygen atoms in total. The van der Waals surface area contributed by atoms with Crippen molar-refractivity contribution in [1.82, 2.24) is 5.32 Å². The molecule has 1 aliphatic rings. The summed E-state index contributed by atoms with van der Waals surface area (Å²) in [4.78, 5) is 22.9. The average Bonchev–Trinajstić information content (AvgIpc) is 2.77. The number of ether oxygens (including phenoxy) is 1. The van der Waals surface area contributed by atoms with Crippen LogP contribution in [0.15, 0.2) is 24.3 Å². The van der Waals surface area contributed by atoms with Crippen molar-refractivity contribution in [3.05, 3.63) is 24.3 Å². The highest BCUT2D eigenvalue weighted by atomic mass is 16.5. The Kier molecular flexibility index (Phi) is 3.27. The molecule has 5 heteroatoms. The maximum absolute atomic E-state index is 11.8. The molecule has 1 atom stereocenters. The summed E-state index contributed by atoms with van der Waals surface area (Å²) in [6.45, 7) is 0. The normalized spacial score (nSPS) is 18.6. The van der Waals surface area contributed by atoms with Crippen LogP contribution < -0.4 is 15.4 Å². The van der Waals surface area contributed by atoms with Gasteiger partial charge in [-0.15, -0.1) is 0 Å². The van der Waals surface area contributed by atoms with E-state index in [0.717, 1.165) is 0 Å². The van der Waals surface area contributed by atoms with Crippen LogP contribution in [0.4, 0.5) is 5.69 Å². The van der Waals surface area contributed by atoms with Crippen molar-refractivity contribution in [3.8, 4) is 5.75 Å². The van der Waals surface area contributed by atoms with Gasteiger partial charge in [0.25, 0.3) is 0 Å². The number of nitrogens with one attached hydrogen (secondary N) is 2. The zero-order chi connectivity index (χ0) is 12.3. The van der Waals surface area contributed by atoms with Crippen molar-refractivity contribution in [1.29, 1.82) is 0 Å². The number of hydrogen-bond donors (Lipinski definition) is 2. The first kappa shape index (κ1) is 11.4. The van der Waals surface area contributed by atoms with Crippen molar-refractivity contribution in [3.63, 3.8) is 0 Å². The van der Waals surface area contributed by atoms with Crippen LogP contribution in [0.5, 0.6) is 5.75 Å². The fourth-order valence-electron chi connectivity index (χ4n) is 1.78. The summed E-state index contributed by atoms with van der Waals surface area (Å²) in [7, 11) is 1.54. The molecule has 0 saturated carbocycles. The summed E-state index contributed by atoms with van der Waals surface area (Å²) in [6, 6.07) is 6.72. The van der Waals surface area contributed by atoms with E-state index in [4.69, 9.17) is 4.74 Å². The summed E-state index contributed by atoms with van der Waals surface area (Å²) in [5, 5.41) is 5.36. The molecule has 1 fully saturated rings. The van der Waals surface area contributed by atoms with E-state index in [1.54, 1.807) is 19.2 Å². The molecule has 1 aromatic carbocycles. The monoisotopic (exact) mass is 234 g/mol. The van der Waals surface area contributed by atoms with Gasteiger partial charge in [-0.1, -0.05) is 12.1 Å². The summed E-state index contributed by atoms with van der Waals surface area (Å²) in [5.74, 6) is 0.315. The number of rotatable bonds is 3. The SMILES string of the molecule is COc1ccccc1NC(=O)C1CCC(=O)N1. The lowest BCUT2D eigenvalue weighted by Gasteiger charge is -2.13. The minimum absolute atomic E-state index is 0.0785. The van der Waals surface area contributed by atoms with Crippen molar-refractivity contribution < 1.29 is 14.3 Å². The lowest BCUT2D eigenvalue weighted by Crippen LogP contribution is -2.37. The molecule has 0 bridgehead atoms. The first-order valence-corrected chi connectivity index (χ1v) is 5.44. The third-order valence-electron chi connectivity index (χ3n) is 2.68. The predicted octanol–water partition coefficient (Wildman–Crippen LogP) is 0.912. The molecule has 2 amide bonds. The number of hydrogen-bond acceptors (Lipinski definition) is 3. The molecule has 0 spiro atoms. The molecule has 1 aromatic rings. The molecule has 1 saturated heterocycles. The van der Waals surface area contributed by atoms with Gasteiger partial charge in [0.1, 0.15) is 11.8 Å². The largest absolute Gasteiger partial charge is 0.495 e. The number of carbonyl (C=O) groups is 2. The van der Waals surface area contributed by atoms with Gasteiger partial charge in [0.05, 0.1) is 12.8 Å². The van der Waals surface area contributed by atoms with Crippen LogP contribution >= 0.6 is 0 Å². The Morgan fingerprint density at radius 2 is 2.24 bits per heavy atom. The summed E-state index contributed by atoms with van der Waals surface area (Å²) in [6.07, 6.45) is 0.948. The van der Waals surface area contributed by atoms with E-state index in [2.05, 4.69) is 10.6 Å². The molecule has 17 heavy (non-hydrogen) atoms. The fourth-order valence-corrected chi connectivity index (χ4v) is 1.78. The van der Waals surface area contributed by atoms with E-state index in [-0.39, 0.29) is 11.8 Å². The van der Waals surface area contributed by atoms with Crippen molar-refractivity contribution in [2.24, 2.45) is 0 Å². The number of benzene rings is 1. The summed E-state index contributed by atoms with van der Waals surface area (Å²) in [5.41, 5.74) is 0.612. The third kappa shape index (κ3) is 2.55. The fraction of sp³-hybridized carbons (Fsp3) is 0.333. The second-order valence-corrected chi connectivity index (χ2v) is 3.85. The van der Waals surface area contributed by atoms with Crippen molar-refractivity contribution >= 4 is 17.5 Å². The number of carbonyl (C=O) groups excluding carboxylic acids is 2. The second kappa shape index (κ2) is 4.86. The predicted molar refractivity (Wildman–Crippen MR) is 62.8 cm³/mol. The van der Waals surface area contributed by atoms with Gasteiger partial charge in [0.2, 0.25) is 11.8 Å². The minimum atomic E-state index is -0.438. The molecule has 0 aromatic heterocycles. The van der Waals surface area contributed by atoms with Crippen LogP contribution in [-0.4, -0.2) is 25.0 Å². The molecule has 0 aliphatic carbocycles. The molecule has 2 N–H and O–H groups in total. The third-order valence-corrected chi connectivity index (χ3v) is 2.68. The van der Waals surface area contributed by atoms with Crippen LogP contribution in [0.2, 0.25) is 0 Å². The number of methoxy groups -OCH3 is 1. The standard InChI is InChI=1S/C12H14N2O3/c1-17-10-5-3-2-4-8(10)14-12(16)9-6-7-11(15)13-9/h2-5,9H,6-7H2,1H3,(H,13,15)(H,14,16). The van der Waals surface area contributed by atoms with E-state index in [1.807, 2.05) is 12.1 Å². The molecule has 1 aliphatic heterocycles. The summed E-state index contributed by atoms with van der Waals surface area (Å²) < 4.78 is 5.13. The van der Waals surface area contributed by atoms with Gasteiger partial charge in [-0.2, -0.15) is 0 Å². The maximum Gasteiger partial charge on any atom is 0.247 e. The Morgan fingerprint density at radius 3 is 2.88 bits per heavy atom. The molecule has 0 radical (unpaired) electrons. The highest BCUT2D eigenvalue weighted by molar-refractivity contribution is 5.99. The molecular weight excluding hydrogens is 220 g/mol. The van der Waals surface area contributed by atoms with E-state index < -0.39 is 6.04 Å². The van der Waals surface area contributed by atoms with Crippen LogP contribution in [0, 0.1) is 0 Å². The van der Waals surface area contributed by atoms with Gasteiger partial charge in [0, 0.05) is 6.42 Å². The minimum Gasteiger partial charge on any atom is -0.495 e. The zero-order valence-electron chi connectivity index (χ0n) is 9.53. The zero-order valence-corrected chi connectivity index (χ0v) is 9.53. The van der Waals surface area contributed by atoms with Crippen LogP contribution in [-0.2, 0) is 9.59 Å². The Balaban J connectivity index is 2.05. The smallest absolute Gasteiger partial charge is 0.247 e. The Bertz CT molecular complexity index is 445. The average molecular weight is 234 g/mol. The van der Waals surface area contributed by atoms with Crippen molar-refractivity contribution in [2.45, 2.75) is 18.9 Å². The van der Waals surface area contributed by atoms with Crippen LogP contribution in [0.25, 0.3) is 0 Å². The van der Waals surface area contributed by atoms with E-state index >= 15 is 0 Å². The topological polar surface area (TPSA) is 67.4 Å². The Morgan fingerprint density at radius 1 is 1.47 bits per heavy atom. The van der Waals surface area contributed by atoms with Gasteiger partial charge in [-0.25, -0.2) is 0 Å². The Labute approximate surface area is 99.2 Å². The van der Waals surface area contributed by atoms with Crippen LogP contribution in [0.1, 0.15) is 12.8 Å². The molecule has 2 rings (SSSR count). The van der Waals surface area contributed by atoms with Gasteiger partial charge >= 0.3 is 0 Å². The first-order valence-electron chi connectivity index (χ1n) is 5.44. The van der Waals surface area contributed by atoms with Crippen molar-refractivity contribution in [2.75, 3.05) is 12.4 Å². The number of anilines is 1. The van der Waals surface area contributed by atoms with Crippen LogP contribution in [0.3, 0.4) is 0 Å². The first-order chi connectivity index (χ1) is 8.20. The van der Waals surface area contributed by atoms with E-state index in [0.29, 0.717) is 24.3 Å². The second-order valence-electron chi connectivity index (χ2n) is 3.85. The lowest BCUT2D eigenvalue weighted by atomic mass is 10.2. The van der Waals surface area contributed by atoms with E-state index in [9.17, 15) is 9.59 Å². The van der Waals surface area contributed by atoms with E-state index in [1.165, 1.54) is 0 Å². The quantitative estimate of drug-likeness (QED) is 0.817. The Hall–Kier alpha value is -2.04. The van der Waals surface area contributed by atoms with Gasteiger partial charge in [-0.3, -0.25) is 9.59 Å². The van der Waals surface area contributed by atoms with Gasteiger partial charge in [-0.05, 0) is 18.6 Å². The molecule has 1 unspecified atom stereocenters.